The molecule has 0 saturated heterocycles. The van der Waals surface area contributed by atoms with Gasteiger partial charge in [-0.25, -0.2) is 0 Å². The largest absolute Gasteiger partial charge is 0.381 e. The summed E-state index contributed by atoms with van der Waals surface area (Å²) in [4.78, 5) is 19.1. The molecular weight excluding hydrogens is 316 g/mol. The minimum atomic E-state index is -0.306. The van der Waals surface area contributed by atoms with Gasteiger partial charge in [0, 0.05) is 40.4 Å². The normalized spacial score (nSPS) is 19.7. The Morgan fingerprint density at radius 3 is 2.56 bits per heavy atom. The second-order valence-electron chi connectivity index (χ2n) is 7.68. The van der Waals surface area contributed by atoms with Crippen LogP contribution in [0.3, 0.4) is 0 Å². The summed E-state index contributed by atoms with van der Waals surface area (Å²) in [5, 5.41) is 6.65. The maximum Gasteiger partial charge on any atom is 0.230 e. The van der Waals surface area contributed by atoms with Gasteiger partial charge in [-0.2, -0.15) is 0 Å². The Balaban J connectivity index is 1.78. The topological polar surface area (TPSA) is 66.0 Å². The van der Waals surface area contributed by atoms with Crippen LogP contribution in [0.2, 0.25) is 0 Å². The van der Waals surface area contributed by atoms with E-state index in [-0.39, 0.29) is 11.3 Å². The molecule has 2 aliphatic carbocycles. The summed E-state index contributed by atoms with van der Waals surface area (Å²) in [6, 6.07) is 0. The molecule has 0 aliphatic heterocycles. The fourth-order valence-corrected chi connectivity index (χ4v) is 3.45. The fourth-order valence-electron chi connectivity index (χ4n) is 3.45. The minimum absolute atomic E-state index is 0.220. The Morgan fingerprint density at radius 1 is 1.24 bits per heavy atom. The average molecular weight is 353 g/mol. The highest BCUT2D eigenvalue weighted by Gasteiger charge is 2.42. The molecule has 2 N–H and O–H groups in total. The van der Waals surface area contributed by atoms with Crippen LogP contribution in [0.4, 0.5) is 0 Å². The van der Waals surface area contributed by atoms with Crippen molar-refractivity contribution in [1.82, 2.24) is 15.5 Å². The molecule has 0 bridgehead atoms. The van der Waals surface area contributed by atoms with E-state index in [4.69, 9.17) is 9.73 Å². The second kappa shape index (κ2) is 10.00. The maximum absolute atomic E-state index is 12.6. The van der Waals surface area contributed by atoms with Gasteiger partial charge in [-0.15, -0.1) is 0 Å². The molecule has 0 aromatic heterocycles. The molecule has 1 amide bonds. The van der Waals surface area contributed by atoms with E-state index in [1.165, 1.54) is 12.8 Å². The maximum atomic E-state index is 12.6. The number of guanidine groups is 1. The molecule has 0 aromatic rings. The number of nitrogens with one attached hydrogen (secondary N) is 2. The number of hydrogen-bond donors (Lipinski definition) is 2. The van der Waals surface area contributed by atoms with E-state index >= 15 is 0 Å². The summed E-state index contributed by atoms with van der Waals surface area (Å²) in [6.07, 6.45) is 7.78. The van der Waals surface area contributed by atoms with Gasteiger partial charge in [0.05, 0.1) is 12.0 Å². The van der Waals surface area contributed by atoms with Crippen molar-refractivity contribution in [2.24, 2.45) is 16.3 Å². The van der Waals surface area contributed by atoms with Gasteiger partial charge >= 0.3 is 0 Å². The summed E-state index contributed by atoms with van der Waals surface area (Å²) in [5.74, 6) is 1.85. The first-order valence-corrected chi connectivity index (χ1v) is 9.89. The predicted molar refractivity (Wildman–Crippen MR) is 102 cm³/mol. The standard InChI is InChI=1S/C19H36N4O2/c1-4-20-18(21-12-7-13-25-14-16-8-9-16)22-15-19(10-5-6-11-19)17(24)23(2)3/h16H,4-15H2,1-3H3,(H2,20,21,22). The highest BCUT2D eigenvalue weighted by atomic mass is 16.5. The summed E-state index contributed by atoms with van der Waals surface area (Å²) < 4.78 is 5.66. The number of carbonyl (C=O) groups excluding carboxylic acids is 1. The van der Waals surface area contributed by atoms with Gasteiger partial charge in [-0.1, -0.05) is 12.8 Å². The van der Waals surface area contributed by atoms with E-state index in [0.717, 1.165) is 70.3 Å². The zero-order valence-electron chi connectivity index (χ0n) is 16.3. The third-order valence-corrected chi connectivity index (χ3v) is 5.11. The van der Waals surface area contributed by atoms with Gasteiger partial charge in [0.2, 0.25) is 5.91 Å². The first-order valence-electron chi connectivity index (χ1n) is 9.89. The van der Waals surface area contributed by atoms with E-state index in [1.54, 1.807) is 4.90 Å². The van der Waals surface area contributed by atoms with Crippen molar-refractivity contribution in [3.8, 4) is 0 Å². The molecule has 0 radical (unpaired) electrons. The second-order valence-corrected chi connectivity index (χ2v) is 7.68. The van der Waals surface area contributed by atoms with Gasteiger partial charge < -0.3 is 20.3 Å². The number of carbonyl (C=O) groups is 1. The molecule has 2 saturated carbocycles. The van der Waals surface area contributed by atoms with Gasteiger partial charge in [0.25, 0.3) is 0 Å². The number of hydrogen-bond acceptors (Lipinski definition) is 3. The van der Waals surface area contributed by atoms with Gasteiger partial charge in [-0.3, -0.25) is 9.79 Å². The quantitative estimate of drug-likeness (QED) is 0.359. The van der Waals surface area contributed by atoms with Crippen molar-refractivity contribution in [2.75, 3.05) is 46.9 Å². The van der Waals surface area contributed by atoms with Crippen LogP contribution >= 0.6 is 0 Å². The van der Waals surface area contributed by atoms with Gasteiger partial charge in [0.1, 0.15) is 0 Å². The van der Waals surface area contributed by atoms with Crippen molar-refractivity contribution in [1.29, 1.82) is 0 Å². The third-order valence-electron chi connectivity index (χ3n) is 5.11. The predicted octanol–water partition coefficient (Wildman–Crippen LogP) is 2.01. The van der Waals surface area contributed by atoms with E-state index < -0.39 is 0 Å². The lowest BCUT2D eigenvalue weighted by atomic mass is 9.85. The van der Waals surface area contributed by atoms with Gasteiger partial charge in [0.15, 0.2) is 5.96 Å². The molecule has 144 valence electrons. The Kier molecular flexibility index (Phi) is 8.00. The Hall–Kier alpha value is -1.30. The Morgan fingerprint density at radius 2 is 1.96 bits per heavy atom. The van der Waals surface area contributed by atoms with Crippen LogP contribution in [0.15, 0.2) is 4.99 Å². The van der Waals surface area contributed by atoms with Crippen LogP contribution in [0.1, 0.15) is 51.9 Å². The molecular formula is C19H36N4O2. The van der Waals surface area contributed by atoms with Crippen LogP contribution in [0.25, 0.3) is 0 Å². The van der Waals surface area contributed by atoms with E-state index in [2.05, 4.69) is 17.6 Å². The molecule has 0 spiro atoms. The molecule has 0 atom stereocenters. The summed E-state index contributed by atoms with van der Waals surface area (Å²) in [7, 11) is 3.69. The van der Waals surface area contributed by atoms with E-state index in [1.807, 2.05) is 14.1 Å². The zero-order chi connectivity index (χ0) is 18.1. The Labute approximate surface area is 152 Å². The number of ether oxygens (including phenoxy) is 1. The van der Waals surface area contributed by atoms with Crippen molar-refractivity contribution < 1.29 is 9.53 Å². The van der Waals surface area contributed by atoms with E-state index in [0.29, 0.717) is 6.54 Å². The Bertz CT molecular complexity index is 441. The molecule has 0 unspecified atom stereocenters. The van der Waals surface area contributed by atoms with Crippen molar-refractivity contribution in [3.63, 3.8) is 0 Å². The minimum Gasteiger partial charge on any atom is -0.381 e. The van der Waals surface area contributed by atoms with Crippen LogP contribution in [-0.4, -0.2) is 63.7 Å². The molecule has 2 fully saturated rings. The summed E-state index contributed by atoms with van der Waals surface area (Å²) in [6.45, 7) is 6.00. The van der Waals surface area contributed by atoms with Crippen molar-refractivity contribution in [2.45, 2.75) is 51.9 Å². The molecule has 6 heteroatoms. The monoisotopic (exact) mass is 352 g/mol. The number of rotatable bonds is 10. The van der Waals surface area contributed by atoms with Crippen LogP contribution in [0.5, 0.6) is 0 Å². The van der Waals surface area contributed by atoms with Crippen LogP contribution in [0, 0.1) is 11.3 Å². The molecule has 25 heavy (non-hydrogen) atoms. The summed E-state index contributed by atoms with van der Waals surface area (Å²) >= 11 is 0. The number of aliphatic imine (C=N–C) groups is 1. The smallest absolute Gasteiger partial charge is 0.230 e. The lowest BCUT2D eigenvalue weighted by Gasteiger charge is -2.29. The fraction of sp³-hybridized carbons (Fsp3) is 0.895. The van der Waals surface area contributed by atoms with Crippen molar-refractivity contribution >= 4 is 11.9 Å². The zero-order valence-corrected chi connectivity index (χ0v) is 16.3. The molecule has 6 nitrogen and oxygen atoms in total. The average Bonchev–Trinajstić information content (AvgIpc) is 3.30. The van der Waals surface area contributed by atoms with Crippen LogP contribution in [-0.2, 0) is 9.53 Å². The van der Waals surface area contributed by atoms with Crippen LogP contribution < -0.4 is 10.6 Å². The summed E-state index contributed by atoms with van der Waals surface area (Å²) in [5.41, 5.74) is -0.306. The van der Waals surface area contributed by atoms with Gasteiger partial charge in [-0.05, 0) is 44.9 Å². The highest BCUT2D eigenvalue weighted by molar-refractivity contribution is 5.84. The molecule has 2 aliphatic rings. The number of nitrogens with zero attached hydrogens (tertiary/aromatic N) is 2. The third kappa shape index (κ3) is 6.49. The molecule has 2 rings (SSSR count). The lowest BCUT2D eigenvalue weighted by Crippen LogP contribution is -2.43. The number of amides is 1. The first-order chi connectivity index (χ1) is 12.1. The SMILES string of the molecule is CCNC(=NCC1(C(=O)N(C)C)CCCC1)NCCCOCC1CC1. The first kappa shape index (κ1) is 20.0. The van der Waals surface area contributed by atoms with E-state index in [9.17, 15) is 4.79 Å². The highest BCUT2D eigenvalue weighted by Crippen LogP contribution is 2.39. The van der Waals surface area contributed by atoms with Crippen molar-refractivity contribution in [3.05, 3.63) is 0 Å². The molecule has 0 aromatic carbocycles. The lowest BCUT2D eigenvalue weighted by molar-refractivity contribution is -0.138. The molecule has 0 heterocycles.